The predicted molar refractivity (Wildman–Crippen MR) is 110 cm³/mol. The molecule has 0 atom stereocenters. The molecule has 3 rings (SSSR count). The third-order valence-electron chi connectivity index (χ3n) is 5.33. The molecule has 5 nitrogen and oxygen atoms in total. The molecule has 1 aliphatic rings. The zero-order valence-corrected chi connectivity index (χ0v) is 16.8. The molecule has 1 heterocycles. The molecule has 0 aromatic heterocycles. The molecule has 0 radical (unpaired) electrons. The molecule has 0 saturated carbocycles. The van der Waals surface area contributed by atoms with E-state index in [1.54, 1.807) is 31.4 Å². The van der Waals surface area contributed by atoms with E-state index in [1.165, 1.54) is 12.1 Å². The number of amides is 1. The number of carbonyl (C=O) groups excluding carboxylic acids is 2. The second-order valence-corrected chi connectivity index (χ2v) is 7.25. The van der Waals surface area contributed by atoms with Crippen LogP contribution in [0.1, 0.15) is 28.8 Å². The molecule has 0 aliphatic carbocycles. The minimum atomic E-state index is -0.216. The molecule has 6 heteroatoms. The minimum Gasteiger partial charge on any atom is -0.497 e. The fraction of sp³-hybridized carbons (Fsp3) is 0.391. The fourth-order valence-corrected chi connectivity index (χ4v) is 3.46. The number of methoxy groups -OCH3 is 1. The average Bonchev–Trinajstić information content (AvgIpc) is 2.77. The third-order valence-corrected chi connectivity index (χ3v) is 5.33. The number of hydrogen-bond donors (Lipinski definition) is 0. The average molecular weight is 398 g/mol. The topological polar surface area (TPSA) is 49.9 Å². The van der Waals surface area contributed by atoms with Gasteiger partial charge in [0.25, 0.3) is 0 Å². The Morgan fingerprint density at radius 1 is 0.931 bits per heavy atom. The maximum Gasteiger partial charge on any atom is 0.223 e. The van der Waals surface area contributed by atoms with Crippen LogP contribution in [0.15, 0.2) is 48.5 Å². The number of piperazine rings is 1. The van der Waals surface area contributed by atoms with Gasteiger partial charge in [-0.3, -0.25) is 14.5 Å². The molecule has 1 aliphatic heterocycles. The summed E-state index contributed by atoms with van der Waals surface area (Å²) >= 11 is 0. The van der Waals surface area contributed by atoms with Gasteiger partial charge in [0.05, 0.1) is 7.11 Å². The lowest BCUT2D eigenvalue weighted by Crippen LogP contribution is -2.49. The molecule has 1 amide bonds. The van der Waals surface area contributed by atoms with Crippen LogP contribution in [-0.4, -0.2) is 61.3 Å². The van der Waals surface area contributed by atoms with Crippen LogP contribution in [0.5, 0.6) is 5.75 Å². The van der Waals surface area contributed by atoms with Crippen LogP contribution in [0.25, 0.3) is 0 Å². The molecule has 1 fully saturated rings. The van der Waals surface area contributed by atoms with E-state index in [2.05, 4.69) is 4.90 Å². The number of carbonyl (C=O) groups is 2. The summed E-state index contributed by atoms with van der Waals surface area (Å²) in [6.07, 6.45) is 1.32. The van der Waals surface area contributed by atoms with Crippen LogP contribution in [-0.2, 0) is 11.2 Å². The van der Waals surface area contributed by atoms with E-state index in [0.29, 0.717) is 24.4 Å². The number of halogens is 1. The van der Waals surface area contributed by atoms with Crippen molar-refractivity contribution in [2.45, 2.75) is 19.3 Å². The van der Waals surface area contributed by atoms with Gasteiger partial charge in [0.2, 0.25) is 5.91 Å². The Morgan fingerprint density at radius 3 is 2.21 bits per heavy atom. The summed E-state index contributed by atoms with van der Waals surface area (Å²) in [5, 5.41) is 0. The van der Waals surface area contributed by atoms with Crippen molar-refractivity contribution in [1.82, 2.24) is 9.80 Å². The van der Waals surface area contributed by atoms with Crippen LogP contribution >= 0.6 is 0 Å². The summed E-state index contributed by atoms with van der Waals surface area (Å²) in [5.41, 5.74) is 1.71. The van der Waals surface area contributed by atoms with E-state index in [-0.39, 0.29) is 30.3 Å². The second kappa shape index (κ2) is 10.2. The highest BCUT2D eigenvalue weighted by molar-refractivity contribution is 5.98. The van der Waals surface area contributed by atoms with Gasteiger partial charge in [0.15, 0.2) is 5.78 Å². The maximum absolute atomic E-state index is 13.0. The van der Waals surface area contributed by atoms with Crippen molar-refractivity contribution in [1.29, 1.82) is 0 Å². The first-order chi connectivity index (χ1) is 14.0. The van der Waals surface area contributed by atoms with Crippen LogP contribution in [0.3, 0.4) is 0 Å². The van der Waals surface area contributed by atoms with Gasteiger partial charge in [-0.05, 0) is 48.4 Å². The van der Waals surface area contributed by atoms with E-state index in [0.717, 1.165) is 31.6 Å². The zero-order chi connectivity index (χ0) is 20.6. The van der Waals surface area contributed by atoms with Crippen molar-refractivity contribution in [3.05, 3.63) is 65.5 Å². The van der Waals surface area contributed by atoms with Crippen molar-refractivity contribution in [2.75, 3.05) is 39.8 Å². The van der Waals surface area contributed by atoms with Crippen molar-refractivity contribution in [3.63, 3.8) is 0 Å². The Hall–Kier alpha value is -2.73. The molecule has 1 saturated heterocycles. The lowest BCUT2D eigenvalue weighted by atomic mass is 10.1. The summed E-state index contributed by atoms with van der Waals surface area (Å²) in [7, 11) is 1.58. The molecule has 0 N–H and O–H groups in total. The molecule has 154 valence electrons. The molecule has 0 spiro atoms. The highest BCUT2D eigenvalue weighted by Crippen LogP contribution is 2.14. The highest BCUT2D eigenvalue weighted by Gasteiger charge is 2.21. The first-order valence-electron chi connectivity index (χ1n) is 9.97. The number of ketones is 1. The van der Waals surface area contributed by atoms with E-state index < -0.39 is 0 Å². The molecule has 0 unspecified atom stereocenters. The molecule has 29 heavy (non-hydrogen) atoms. The molecule has 0 bridgehead atoms. The van der Waals surface area contributed by atoms with Gasteiger partial charge in [0.1, 0.15) is 11.6 Å². The van der Waals surface area contributed by atoms with Crippen molar-refractivity contribution >= 4 is 11.7 Å². The summed E-state index contributed by atoms with van der Waals surface area (Å²) in [4.78, 5) is 28.9. The largest absolute Gasteiger partial charge is 0.497 e. The Bertz CT molecular complexity index is 813. The van der Waals surface area contributed by atoms with Gasteiger partial charge >= 0.3 is 0 Å². The van der Waals surface area contributed by atoms with Crippen molar-refractivity contribution in [3.8, 4) is 5.75 Å². The summed E-state index contributed by atoms with van der Waals surface area (Å²) in [6.45, 7) is 3.89. The number of ether oxygens (including phenoxy) is 1. The second-order valence-electron chi connectivity index (χ2n) is 7.25. The lowest BCUT2D eigenvalue weighted by molar-refractivity contribution is -0.132. The number of hydrogen-bond acceptors (Lipinski definition) is 4. The maximum atomic E-state index is 13.0. The fourth-order valence-electron chi connectivity index (χ4n) is 3.46. The van der Waals surface area contributed by atoms with Crippen LogP contribution < -0.4 is 4.74 Å². The van der Waals surface area contributed by atoms with E-state index >= 15 is 0 Å². The van der Waals surface area contributed by atoms with Crippen molar-refractivity contribution in [2.24, 2.45) is 0 Å². The van der Waals surface area contributed by atoms with Crippen LogP contribution in [0, 0.1) is 5.82 Å². The summed E-state index contributed by atoms with van der Waals surface area (Å²) in [5.74, 6) is 0.491. The molecular formula is C23H27FN2O3. The van der Waals surface area contributed by atoms with Gasteiger partial charge in [-0.15, -0.1) is 0 Å². The Balaban J connectivity index is 1.38. The number of rotatable bonds is 8. The van der Waals surface area contributed by atoms with E-state index in [1.807, 2.05) is 17.0 Å². The summed E-state index contributed by atoms with van der Waals surface area (Å²) in [6, 6.07) is 13.6. The van der Waals surface area contributed by atoms with Crippen molar-refractivity contribution < 1.29 is 18.7 Å². The van der Waals surface area contributed by atoms with Gasteiger partial charge < -0.3 is 9.64 Å². The standard InChI is InChI=1S/C23H27FN2O3/c1-29-21-8-4-19(5-9-21)22(27)10-11-23(28)26-16-14-25(15-17-26)13-12-18-2-6-20(24)7-3-18/h2-9H,10-17H2,1H3. The lowest BCUT2D eigenvalue weighted by Gasteiger charge is -2.34. The number of Topliss-reactive ketones (excluding diaryl/α,β-unsaturated/α-hetero) is 1. The number of nitrogens with zero attached hydrogens (tertiary/aromatic N) is 2. The normalized spacial score (nSPS) is 14.6. The monoisotopic (exact) mass is 398 g/mol. The Labute approximate surface area is 171 Å². The quantitative estimate of drug-likeness (QED) is 0.641. The minimum absolute atomic E-state index is 0.0288. The van der Waals surface area contributed by atoms with Crippen LogP contribution in [0.2, 0.25) is 0 Å². The predicted octanol–water partition coefficient (Wildman–Crippen LogP) is 3.18. The highest BCUT2D eigenvalue weighted by atomic mass is 19.1. The first kappa shape index (κ1) is 21.0. The van der Waals surface area contributed by atoms with Gasteiger partial charge in [-0.2, -0.15) is 0 Å². The van der Waals surface area contributed by atoms with E-state index in [4.69, 9.17) is 4.74 Å². The Kier molecular flexibility index (Phi) is 7.36. The van der Waals surface area contributed by atoms with Gasteiger partial charge in [0, 0.05) is 51.1 Å². The smallest absolute Gasteiger partial charge is 0.223 e. The SMILES string of the molecule is COc1ccc(C(=O)CCC(=O)N2CCN(CCc3ccc(F)cc3)CC2)cc1. The third kappa shape index (κ3) is 6.12. The molecule has 2 aromatic carbocycles. The summed E-state index contributed by atoms with van der Waals surface area (Å²) < 4.78 is 18.1. The number of benzene rings is 2. The van der Waals surface area contributed by atoms with E-state index in [9.17, 15) is 14.0 Å². The molecule has 2 aromatic rings. The first-order valence-corrected chi connectivity index (χ1v) is 9.97. The zero-order valence-electron chi connectivity index (χ0n) is 16.8. The molecular weight excluding hydrogens is 371 g/mol. The van der Waals surface area contributed by atoms with Gasteiger partial charge in [-0.1, -0.05) is 12.1 Å². The Morgan fingerprint density at radius 2 is 1.59 bits per heavy atom. The van der Waals surface area contributed by atoms with Crippen LogP contribution in [0.4, 0.5) is 4.39 Å². The van der Waals surface area contributed by atoms with Gasteiger partial charge in [-0.25, -0.2) is 4.39 Å².